The number of hydrogen-bond donors (Lipinski definition) is 2. The Hall–Kier alpha value is -0.570. The molecule has 0 spiro atoms. The second-order valence-electron chi connectivity index (χ2n) is 5.50. The Labute approximate surface area is 98.4 Å². The first-order chi connectivity index (χ1) is 7.68. The lowest BCUT2D eigenvalue weighted by atomic mass is 9.92. The summed E-state index contributed by atoms with van der Waals surface area (Å²) in [6, 6.07) is 0.323. The van der Waals surface area contributed by atoms with Gasteiger partial charge in [-0.1, -0.05) is 6.92 Å². The summed E-state index contributed by atoms with van der Waals surface area (Å²) in [7, 11) is 0. The van der Waals surface area contributed by atoms with Crippen LogP contribution in [-0.4, -0.2) is 25.0 Å². The van der Waals surface area contributed by atoms with Crippen molar-refractivity contribution in [1.82, 2.24) is 10.6 Å². The van der Waals surface area contributed by atoms with Crippen molar-refractivity contribution in [1.29, 1.82) is 0 Å². The third-order valence-electron chi connectivity index (χ3n) is 4.41. The van der Waals surface area contributed by atoms with E-state index < -0.39 is 0 Å². The van der Waals surface area contributed by atoms with Crippen LogP contribution in [-0.2, 0) is 4.79 Å². The molecule has 1 heterocycles. The van der Waals surface area contributed by atoms with E-state index >= 15 is 0 Å². The molecule has 0 aromatic heterocycles. The standard InChI is InChI=1S/C13H24N2O/c1-3-13(6-7-13)12(16)15-10(2)11-5-4-8-14-9-11/h10-11,14H,3-9H2,1-2H3,(H,15,16). The smallest absolute Gasteiger partial charge is 0.226 e. The number of nitrogens with one attached hydrogen (secondary N) is 2. The fourth-order valence-corrected chi connectivity index (χ4v) is 2.68. The predicted molar refractivity (Wildman–Crippen MR) is 65.2 cm³/mol. The van der Waals surface area contributed by atoms with Gasteiger partial charge in [-0.25, -0.2) is 0 Å². The molecule has 0 radical (unpaired) electrons. The first-order valence-corrected chi connectivity index (χ1v) is 6.69. The molecule has 2 N–H and O–H groups in total. The average Bonchev–Trinajstić information content (AvgIpc) is 3.11. The van der Waals surface area contributed by atoms with E-state index in [0.717, 1.165) is 32.4 Å². The quantitative estimate of drug-likeness (QED) is 0.763. The zero-order chi connectivity index (χ0) is 11.6. The summed E-state index contributed by atoms with van der Waals surface area (Å²) in [6.07, 6.45) is 5.65. The van der Waals surface area contributed by atoms with Crippen LogP contribution in [0.15, 0.2) is 0 Å². The number of carbonyl (C=O) groups excluding carboxylic acids is 1. The molecule has 1 saturated carbocycles. The lowest BCUT2D eigenvalue weighted by molar-refractivity contribution is -0.127. The van der Waals surface area contributed by atoms with Crippen molar-refractivity contribution in [3.63, 3.8) is 0 Å². The third kappa shape index (κ3) is 2.40. The number of carbonyl (C=O) groups is 1. The molecule has 1 aliphatic carbocycles. The van der Waals surface area contributed by atoms with E-state index in [4.69, 9.17) is 0 Å². The molecule has 2 rings (SSSR count). The topological polar surface area (TPSA) is 41.1 Å². The van der Waals surface area contributed by atoms with Gasteiger partial charge in [0.25, 0.3) is 0 Å². The van der Waals surface area contributed by atoms with Gasteiger partial charge in [-0.2, -0.15) is 0 Å². The minimum absolute atomic E-state index is 0.0103. The lowest BCUT2D eigenvalue weighted by Gasteiger charge is -2.30. The first-order valence-electron chi connectivity index (χ1n) is 6.69. The molecule has 1 saturated heterocycles. The van der Waals surface area contributed by atoms with Crippen LogP contribution in [0.1, 0.15) is 46.0 Å². The Morgan fingerprint density at radius 1 is 1.56 bits per heavy atom. The summed E-state index contributed by atoms with van der Waals surface area (Å²) in [6.45, 7) is 6.47. The fourth-order valence-electron chi connectivity index (χ4n) is 2.68. The molecule has 0 bridgehead atoms. The fraction of sp³-hybridized carbons (Fsp3) is 0.923. The number of rotatable bonds is 4. The van der Waals surface area contributed by atoms with Crippen LogP contribution in [0.5, 0.6) is 0 Å². The summed E-state index contributed by atoms with van der Waals surface area (Å²) in [5.41, 5.74) is 0.0103. The molecular weight excluding hydrogens is 200 g/mol. The van der Waals surface area contributed by atoms with Crippen LogP contribution in [0.4, 0.5) is 0 Å². The summed E-state index contributed by atoms with van der Waals surface area (Å²) < 4.78 is 0. The van der Waals surface area contributed by atoms with Gasteiger partial charge in [-0.05, 0) is 58.0 Å². The van der Waals surface area contributed by atoms with Crippen LogP contribution in [0.3, 0.4) is 0 Å². The Morgan fingerprint density at radius 3 is 2.81 bits per heavy atom. The predicted octanol–water partition coefficient (Wildman–Crippen LogP) is 1.68. The van der Waals surface area contributed by atoms with Gasteiger partial charge in [-0.3, -0.25) is 4.79 Å². The summed E-state index contributed by atoms with van der Waals surface area (Å²) in [5.74, 6) is 0.915. The molecule has 2 aliphatic rings. The zero-order valence-corrected chi connectivity index (χ0v) is 10.5. The molecule has 2 fully saturated rings. The minimum Gasteiger partial charge on any atom is -0.353 e. The highest BCUT2D eigenvalue weighted by atomic mass is 16.2. The van der Waals surface area contributed by atoms with Crippen molar-refractivity contribution < 1.29 is 4.79 Å². The van der Waals surface area contributed by atoms with E-state index in [1.165, 1.54) is 12.8 Å². The van der Waals surface area contributed by atoms with Gasteiger partial charge in [0.1, 0.15) is 0 Å². The van der Waals surface area contributed by atoms with E-state index in [2.05, 4.69) is 24.5 Å². The Kier molecular flexibility index (Phi) is 3.53. The van der Waals surface area contributed by atoms with E-state index in [-0.39, 0.29) is 5.41 Å². The number of amides is 1. The highest BCUT2D eigenvalue weighted by Crippen LogP contribution is 2.48. The van der Waals surface area contributed by atoms with Crippen molar-refractivity contribution in [2.45, 2.75) is 52.0 Å². The van der Waals surface area contributed by atoms with Crippen LogP contribution >= 0.6 is 0 Å². The Balaban J connectivity index is 1.82. The van der Waals surface area contributed by atoms with Gasteiger partial charge in [0, 0.05) is 11.5 Å². The molecule has 1 amide bonds. The molecule has 2 unspecified atom stereocenters. The molecule has 3 heteroatoms. The normalized spacial score (nSPS) is 29.5. The van der Waals surface area contributed by atoms with Gasteiger partial charge in [-0.15, -0.1) is 0 Å². The van der Waals surface area contributed by atoms with Crippen LogP contribution < -0.4 is 10.6 Å². The van der Waals surface area contributed by atoms with Crippen LogP contribution in [0.25, 0.3) is 0 Å². The van der Waals surface area contributed by atoms with Gasteiger partial charge < -0.3 is 10.6 Å². The van der Waals surface area contributed by atoms with Crippen molar-refractivity contribution >= 4 is 5.91 Å². The first kappa shape index (κ1) is 11.9. The summed E-state index contributed by atoms with van der Waals surface area (Å²) in [5, 5.41) is 6.63. The van der Waals surface area contributed by atoms with E-state index in [1.54, 1.807) is 0 Å². The molecule has 3 nitrogen and oxygen atoms in total. The van der Waals surface area contributed by atoms with Crippen molar-refractivity contribution in [3.8, 4) is 0 Å². The monoisotopic (exact) mass is 224 g/mol. The molecule has 1 aliphatic heterocycles. The van der Waals surface area contributed by atoms with Crippen LogP contribution in [0.2, 0.25) is 0 Å². The molecular formula is C13H24N2O. The molecule has 0 aromatic rings. The molecule has 2 atom stereocenters. The van der Waals surface area contributed by atoms with Crippen molar-refractivity contribution in [3.05, 3.63) is 0 Å². The van der Waals surface area contributed by atoms with Crippen molar-refractivity contribution in [2.24, 2.45) is 11.3 Å². The summed E-state index contributed by atoms with van der Waals surface area (Å²) in [4.78, 5) is 12.1. The average molecular weight is 224 g/mol. The SMILES string of the molecule is CCC1(C(=O)NC(C)C2CCCNC2)CC1. The van der Waals surface area contributed by atoms with Gasteiger partial charge in [0.2, 0.25) is 5.91 Å². The maximum Gasteiger partial charge on any atom is 0.226 e. The summed E-state index contributed by atoms with van der Waals surface area (Å²) >= 11 is 0. The molecule has 92 valence electrons. The van der Waals surface area contributed by atoms with Crippen LogP contribution in [0, 0.1) is 11.3 Å². The van der Waals surface area contributed by atoms with E-state index in [1.807, 2.05) is 0 Å². The largest absolute Gasteiger partial charge is 0.353 e. The van der Waals surface area contributed by atoms with Gasteiger partial charge in [0.05, 0.1) is 0 Å². The number of hydrogen-bond acceptors (Lipinski definition) is 2. The van der Waals surface area contributed by atoms with Gasteiger partial charge >= 0.3 is 0 Å². The van der Waals surface area contributed by atoms with Gasteiger partial charge in [0.15, 0.2) is 0 Å². The second-order valence-corrected chi connectivity index (χ2v) is 5.50. The minimum atomic E-state index is 0.0103. The molecule has 16 heavy (non-hydrogen) atoms. The van der Waals surface area contributed by atoms with E-state index in [0.29, 0.717) is 17.9 Å². The zero-order valence-electron chi connectivity index (χ0n) is 10.5. The second kappa shape index (κ2) is 4.74. The van der Waals surface area contributed by atoms with Crippen molar-refractivity contribution in [2.75, 3.05) is 13.1 Å². The lowest BCUT2D eigenvalue weighted by Crippen LogP contribution is -2.46. The Morgan fingerprint density at radius 2 is 2.31 bits per heavy atom. The Bertz CT molecular complexity index is 255. The molecule has 0 aromatic carbocycles. The third-order valence-corrected chi connectivity index (χ3v) is 4.41. The highest BCUT2D eigenvalue weighted by molar-refractivity contribution is 5.85. The maximum absolute atomic E-state index is 12.1. The maximum atomic E-state index is 12.1. The van der Waals surface area contributed by atoms with E-state index in [9.17, 15) is 4.79 Å². The highest BCUT2D eigenvalue weighted by Gasteiger charge is 2.48. The number of piperidine rings is 1.